The number of ether oxygens (including phenoxy) is 1. The molecule has 0 amide bonds. The maximum atomic E-state index is 12.0. The molecular formula is C41H59NO4. The fourth-order valence-corrected chi connectivity index (χ4v) is 13.1. The van der Waals surface area contributed by atoms with Gasteiger partial charge in [0.25, 0.3) is 0 Å². The smallest absolute Gasteiger partial charge is 0.335 e. The van der Waals surface area contributed by atoms with Crippen LogP contribution in [-0.4, -0.2) is 36.2 Å². The predicted molar refractivity (Wildman–Crippen MR) is 185 cm³/mol. The third kappa shape index (κ3) is 4.71. The summed E-state index contributed by atoms with van der Waals surface area (Å²) >= 11 is 0. The van der Waals surface area contributed by atoms with Crippen molar-refractivity contribution in [2.75, 3.05) is 13.7 Å². The molecule has 0 saturated heterocycles. The Kier molecular flexibility index (Phi) is 8.26. The molecule has 0 unspecified atom stereocenters. The summed E-state index contributed by atoms with van der Waals surface area (Å²) in [6, 6.07) is 5.94. The van der Waals surface area contributed by atoms with Crippen molar-refractivity contribution in [2.45, 2.75) is 118 Å². The largest absolute Gasteiger partial charge is 0.478 e. The minimum atomic E-state index is -0.853. The number of aromatic carboxylic acids is 1. The number of allylic oxidation sites excluding steroid dienone is 3. The molecule has 5 nitrogen and oxygen atoms in total. The van der Waals surface area contributed by atoms with E-state index in [4.69, 9.17) is 4.74 Å². The molecule has 5 heteroatoms. The van der Waals surface area contributed by atoms with E-state index in [0.29, 0.717) is 48.1 Å². The van der Waals surface area contributed by atoms with Gasteiger partial charge in [-0.1, -0.05) is 65.0 Å². The SMILES string of the molecule is C=C(C)[C@@H]1CC[C@]2(NCCC(=O)OC)CC[C@]3(C)[C@H](CC[C@@H]4[C@@]5(C)CC=C(c6ccc(C(=O)O)c(C)c6)C(C)(C)[C@@H]5CC[C@]43C)[C@@H]12. The standard InChI is InChI=1S/C41H59NO4/c1-25(2)28-14-20-41(42-23-17-34(43)46-9)22-21-39(7)31(35(28)41)12-13-33-38(6)18-15-30(27-10-11-29(36(44)45)26(3)24-27)37(4,5)32(38)16-19-40(33,39)8/h10-11,15,24,28,31-33,35,42H,1,12-14,16-23H2,2-9H3,(H,44,45)/t28-,31+,32-,33+,35+,38-,39+,40+,41-/m0/s1. The highest BCUT2D eigenvalue weighted by molar-refractivity contribution is 5.90. The van der Waals surface area contributed by atoms with E-state index in [1.54, 1.807) is 6.07 Å². The highest BCUT2D eigenvalue weighted by Gasteiger charge is 2.70. The lowest BCUT2D eigenvalue weighted by molar-refractivity contribution is -0.219. The summed E-state index contributed by atoms with van der Waals surface area (Å²) in [7, 11) is 1.49. The topological polar surface area (TPSA) is 75.6 Å². The molecule has 0 heterocycles. The lowest BCUT2D eigenvalue weighted by Crippen LogP contribution is -2.68. The van der Waals surface area contributed by atoms with Crippen LogP contribution in [0, 0.1) is 58.2 Å². The first-order chi connectivity index (χ1) is 21.6. The Hall–Kier alpha value is -2.40. The third-order valence-electron chi connectivity index (χ3n) is 15.4. The number of rotatable bonds is 7. The van der Waals surface area contributed by atoms with Crippen LogP contribution < -0.4 is 5.32 Å². The molecular weight excluding hydrogens is 570 g/mol. The Labute approximate surface area is 278 Å². The number of aryl methyl sites for hydroxylation is 1. The van der Waals surface area contributed by atoms with Gasteiger partial charge in [-0.15, -0.1) is 0 Å². The fourth-order valence-electron chi connectivity index (χ4n) is 13.1. The zero-order chi connectivity index (χ0) is 33.4. The number of benzene rings is 1. The normalized spacial score (nSPS) is 40.9. The van der Waals surface area contributed by atoms with Gasteiger partial charge >= 0.3 is 11.9 Å². The van der Waals surface area contributed by atoms with Crippen molar-refractivity contribution in [1.82, 2.24) is 5.32 Å². The Bertz CT molecular complexity index is 1460. The minimum Gasteiger partial charge on any atom is -0.478 e. The number of carboxylic acids is 1. The lowest BCUT2D eigenvalue weighted by Gasteiger charge is -2.72. The van der Waals surface area contributed by atoms with Crippen molar-refractivity contribution < 1.29 is 19.4 Å². The number of carbonyl (C=O) groups excluding carboxylic acids is 1. The van der Waals surface area contributed by atoms with E-state index in [-0.39, 0.29) is 33.2 Å². The number of methoxy groups -OCH3 is 1. The first-order valence-electron chi connectivity index (χ1n) is 18.1. The van der Waals surface area contributed by atoms with Crippen LogP contribution in [0.4, 0.5) is 0 Å². The van der Waals surface area contributed by atoms with E-state index in [9.17, 15) is 14.7 Å². The van der Waals surface area contributed by atoms with E-state index >= 15 is 0 Å². The maximum Gasteiger partial charge on any atom is 0.335 e. The molecule has 4 saturated carbocycles. The van der Waals surface area contributed by atoms with Crippen molar-refractivity contribution in [3.63, 3.8) is 0 Å². The average Bonchev–Trinajstić information content (AvgIpc) is 3.37. The van der Waals surface area contributed by atoms with Crippen molar-refractivity contribution in [1.29, 1.82) is 0 Å². The fraction of sp³-hybridized carbons (Fsp3) is 0.707. The first-order valence-corrected chi connectivity index (χ1v) is 18.1. The van der Waals surface area contributed by atoms with Crippen molar-refractivity contribution in [2.24, 2.45) is 51.2 Å². The number of hydrogen-bond donors (Lipinski definition) is 2. The summed E-state index contributed by atoms with van der Waals surface area (Å²) in [5, 5.41) is 13.6. The molecule has 2 N–H and O–H groups in total. The zero-order valence-corrected chi connectivity index (χ0v) is 29.9. The van der Waals surface area contributed by atoms with Gasteiger partial charge < -0.3 is 15.2 Å². The lowest BCUT2D eigenvalue weighted by atomic mass is 9.33. The number of carbonyl (C=O) groups is 2. The molecule has 5 aliphatic carbocycles. The van der Waals surface area contributed by atoms with Crippen LogP contribution in [0.25, 0.3) is 5.57 Å². The quantitative estimate of drug-likeness (QED) is 0.232. The van der Waals surface area contributed by atoms with E-state index in [1.165, 1.54) is 75.2 Å². The number of esters is 1. The second kappa shape index (κ2) is 11.3. The van der Waals surface area contributed by atoms with Crippen LogP contribution in [0.15, 0.2) is 36.4 Å². The summed E-state index contributed by atoms with van der Waals surface area (Å²) in [6.07, 6.45) is 13.9. The predicted octanol–water partition coefficient (Wildman–Crippen LogP) is 9.25. The highest BCUT2D eigenvalue weighted by Crippen LogP contribution is 2.76. The van der Waals surface area contributed by atoms with Crippen LogP contribution in [0.5, 0.6) is 0 Å². The van der Waals surface area contributed by atoms with Gasteiger partial charge in [0.15, 0.2) is 0 Å². The third-order valence-corrected chi connectivity index (χ3v) is 15.4. The van der Waals surface area contributed by atoms with Gasteiger partial charge in [0.2, 0.25) is 0 Å². The van der Waals surface area contributed by atoms with E-state index < -0.39 is 5.97 Å². The molecule has 0 spiro atoms. The molecule has 9 atom stereocenters. The van der Waals surface area contributed by atoms with Crippen LogP contribution in [-0.2, 0) is 9.53 Å². The highest BCUT2D eigenvalue weighted by atomic mass is 16.5. The summed E-state index contributed by atoms with van der Waals surface area (Å²) in [5.74, 6) is 2.01. The molecule has 1 aromatic carbocycles. The summed E-state index contributed by atoms with van der Waals surface area (Å²) in [6.45, 7) is 22.3. The number of nitrogens with one attached hydrogen (secondary N) is 1. The van der Waals surface area contributed by atoms with Gasteiger partial charge in [-0.05, 0) is 146 Å². The van der Waals surface area contributed by atoms with E-state index in [0.717, 1.165) is 12.0 Å². The number of hydrogen-bond acceptors (Lipinski definition) is 4. The van der Waals surface area contributed by atoms with Crippen LogP contribution in [0.1, 0.15) is 127 Å². The van der Waals surface area contributed by atoms with Crippen molar-refractivity contribution in [3.8, 4) is 0 Å². The Morgan fingerprint density at radius 1 is 0.978 bits per heavy atom. The maximum absolute atomic E-state index is 12.0. The molecule has 6 rings (SSSR count). The number of carboxylic acid groups (broad SMARTS) is 1. The summed E-state index contributed by atoms with van der Waals surface area (Å²) in [5.41, 5.74) is 6.01. The van der Waals surface area contributed by atoms with Gasteiger partial charge in [0.1, 0.15) is 0 Å². The molecule has 252 valence electrons. The van der Waals surface area contributed by atoms with Crippen LogP contribution in [0.2, 0.25) is 0 Å². The van der Waals surface area contributed by atoms with Crippen LogP contribution >= 0.6 is 0 Å². The second-order valence-corrected chi connectivity index (χ2v) is 17.5. The molecule has 46 heavy (non-hydrogen) atoms. The first kappa shape index (κ1) is 33.5. The van der Waals surface area contributed by atoms with Gasteiger partial charge in [-0.2, -0.15) is 0 Å². The van der Waals surface area contributed by atoms with E-state index in [2.05, 4.69) is 65.6 Å². The summed E-state index contributed by atoms with van der Waals surface area (Å²) in [4.78, 5) is 23.8. The molecule has 4 fully saturated rings. The van der Waals surface area contributed by atoms with Gasteiger partial charge in [0, 0.05) is 12.1 Å². The molecule has 0 bridgehead atoms. The Morgan fingerprint density at radius 3 is 2.37 bits per heavy atom. The van der Waals surface area contributed by atoms with E-state index in [1.807, 2.05) is 13.0 Å². The zero-order valence-electron chi connectivity index (χ0n) is 29.9. The van der Waals surface area contributed by atoms with Gasteiger partial charge in [-0.3, -0.25) is 4.79 Å². The minimum absolute atomic E-state index is 0.00500. The van der Waals surface area contributed by atoms with Crippen molar-refractivity contribution in [3.05, 3.63) is 53.1 Å². The van der Waals surface area contributed by atoms with Gasteiger partial charge in [-0.25, -0.2) is 4.79 Å². The van der Waals surface area contributed by atoms with Crippen molar-refractivity contribution >= 4 is 17.5 Å². The Balaban J connectivity index is 1.33. The molecule has 0 aromatic heterocycles. The molecule has 1 aromatic rings. The average molecular weight is 630 g/mol. The number of fused-ring (bicyclic) bond motifs is 7. The summed E-state index contributed by atoms with van der Waals surface area (Å²) < 4.78 is 4.98. The molecule has 5 aliphatic rings. The molecule has 0 radical (unpaired) electrons. The van der Waals surface area contributed by atoms with Gasteiger partial charge in [0.05, 0.1) is 19.1 Å². The molecule has 0 aliphatic heterocycles. The van der Waals surface area contributed by atoms with Crippen LogP contribution in [0.3, 0.4) is 0 Å². The Morgan fingerprint density at radius 2 is 1.72 bits per heavy atom. The monoisotopic (exact) mass is 629 g/mol. The second-order valence-electron chi connectivity index (χ2n) is 17.5.